The Morgan fingerprint density at radius 3 is 1.84 bits per heavy atom. The summed E-state index contributed by atoms with van der Waals surface area (Å²) in [6.45, 7) is 0. The quantitative estimate of drug-likeness (QED) is 0.208. The van der Waals surface area contributed by atoms with E-state index in [1.807, 2.05) is 17.4 Å². The van der Waals surface area contributed by atoms with Crippen LogP contribution < -0.4 is 0 Å². The lowest BCUT2D eigenvalue weighted by molar-refractivity contribution is 1.14. The molecule has 4 heteroatoms. The Morgan fingerprint density at radius 1 is 0.455 bits per heavy atom. The molecule has 0 atom stereocenters. The molecule has 0 aliphatic carbocycles. The van der Waals surface area contributed by atoms with Gasteiger partial charge in [0.1, 0.15) is 0 Å². The zero-order valence-electron chi connectivity index (χ0n) is 23.7. The molecule has 0 radical (unpaired) electrons. The molecular formula is C40H25N3S. The van der Waals surface area contributed by atoms with Crippen LogP contribution in [0.4, 0.5) is 0 Å². The highest BCUT2D eigenvalue weighted by Gasteiger charge is 2.19. The van der Waals surface area contributed by atoms with E-state index in [2.05, 4.69) is 150 Å². The van der Waals surface area contributed by atoms with Gasteiger partial charge in [0.25, 0.3) is 0 Å². The summed E-state index contributed by atoms with van der Waals surface area (Å²) in [7, 11) is 0. The molecule has 3 heterocycles. The predicted octanol–water partition coefficient (Wildman–Crippen LogP) is 10.9. The lowest BCUT2D eigenvalue weighted by Crippen LogP contribution is -2.01. The van der Waals surface area contributed by atoms with Crippen LogP contribution in [-0.2, 0) is 0 Å². The molecular weight excluding hydrogens is 555 g/mol. The number of hydrogen-bond donors (Lipinski definition) is 0. The smallest absolute Gasteiger partial charge is 0.162 e. The van der Waals surface area contributed by atoms with Crippen LogP contribution in [0.3, 0.4) is 0 Å². The van der Waals surface area contributed by atoms with Crippen LogP contribution in [-0.4, -0.2) is 14.5 Å². The van der Waals surface area contributed by atoms with Crippen molar-refractivity contribution in [1.29, 1.82) is 0 Å². The Labute approximate surface area is 258 Å². The molecule has 206 valence electrons. The molecule has 3 nitrogen and oxygen atoms in total. The Hall–Kier alpha value is -5.58. The maximum absolute atomic E-state index is 5.33. The lowest BCUT2D eigenvalue weighted by atomic mass is 10.0. The van der Waals surface area contributed by atoms with Gasteiger partial charge in [-0.3, -0.25) is 0 Å². The fourth-order valence-electron chi connectivity index (χ4n) is 6.45. The first kappa shape index (κ1) is 25.0. The summed E-state index contributed by atoms with van der Waals surface area (Å²) in [6.07, 6.45) is 0. The number of fused-ring (bicyclic) bond motifs is 6. The molecule has 9 aromatic rings. The van der Waals surface area contributed by atoms with Crippen LogP contribution in [0.15, 0.2) is 152 Å². The standard InChI is InChI=1S/C40H25N3S/c1-2-13-26(14-3-1)33-25-34(31-20-12-19-30-29-17-7-11-24-38(29)44-39(30)31)42-40(41-33)32-18-6-10-23-37(32)43-35-21-8-4-15-27(35)28-16-5-9-22-36(28)43/h1-25H. The van der Waals surface area contributed by atoms with Gasteiger partial charge in [0.2, 0.25) is 0 Å². The molecule has 0 spiro atoms. The van der Waals surface area contributed by atoms with Crippen molar-refractivity contribution in [1.82, 2.24) is 14.5 Å². The minimum absolute atomic E-state index is 0.705. The Balaban J connectivity index is 1.33. The third-order valence-electron chi connectivity index (χ3n) is 8.44. The molecule has 0 saturated heterocycles. The molecule has 0 aliphatic heterocycles. The van der Waals surface area contributed by atoms with Gasteiger partial charge in [-0.2, -0.15) is 0 Å². The third kappa shape index (κ3) is 3.89. The topological polar surface area (TPSA) is 30.7 Å². The second-order valence-corrected chi connectivity index (χ2v) is 12.0. The molecule has 0 aliphatic rings. The van der Waals surface area contributed by atoms with E-state index >= 15 is 0 Å². The van der Waals surface area contributed by atoms with Gasteiger partial charge < -0.3 is 4.57 Å². The van der Waals surface area contributed by atoms with Gasteiger partial charge in [0, 0.05) is 47.6 Å². The van der Waals surface area contributed by atoms with E-state index in [0.717, 1.165) is 44.8 Å². The van der Waals surface area contributed by atoms with Crippen LogP contribution in [0.1, 0.15) is 0 Å². The Bertz CT molecular complexity index is 2450. The van der Waals surface area contributed by atoms with Gasteiger partial charge >= 0.3 is 0 Å². The first-order chi connectivity index (χ1) is 21.8. The van der Waals surface area contributed by atoms with Crippen molar-refractivity contribution < 1.29 is 0 Å². The van der Waals surface area contributed by atoms with Crippen molar-refractivity contribution in [3.8, 4) is 39.6 Å². The fraction of sp³-hybridized carbons (Fsp3) is 0. The number of rotatable bonds is 4. The molecule has 6 aromatic carbocycles. The van der Waals surface area contributed by atoms with E-state index in [-0.39, 0.29) is 0 Å². The van der Waals surface area contributed by atoms with E-state index < -0.39 is 0 Å². The van der Waals surface area contributed by atoms with Crippen LogP contribution in [0.2, 0.25) is 0 Å². The molecule has 0 unspecified atom stereocenters. The number of thiophene rings is 1. The van der Waals surface area contributed by atoms with Gasteiger partial charge in [0.05, 0.1) is 28.1 Å². The minimum Gasteiger partial charge on any atom is -0.309 e. The molecule has 0 bridgehead atoms. The highest BCUT2D eigenvalue weighted by atomic mass is 32.1. The van der Waals surface area contributed by atoms with Crippen LogP contribution in [0.25, 0.3) is 81.6 Å². The summed E-state index contributed by atoms with van der Waals surface area (Å²) in [4.78, 5) is 10.6. The van der Waals surface area contributed by atoms with E-state index in [0.29, 0.717) is 5.82 Å². The third-order valence-corrected chi connectivity index (χ3v) is 9.66. The molecule has 0 fully saturated rings. The molecule has 0 saturated carbocycles. The fourth-order valence-corrected chi connectivity index (χ4v) is 7.68. The van der Waals surface area contributed by atoms with Crippen LogP contribution in [0, 0.1) is 0 Å². The Kier molecular flexibility index (Phi) is 5.68. The number of para-hydroxylation sites is 3. The van der Waals surface area contributed by atoms with E-state index in [1.165, 1.54) is 30.9 Å². The maximum atomic E-state index is 5.33. The first-order valence-corrected chi connectivity index (χ1v) is 15.6. The zero-order valence-corrected chi connectivity index (χ0v) is 24.5. The van der Waals surface area contributed by atoms with Gasteiger partial charge in [0.15, 0.2) is 5.82 Å². The first-order valence-electron chi connectivity index (χ1n) is 14.8. The van der Waals surface area contributed by atoms with Crippen molar-refractivity contribution in [2.75, 3.05) is 0 Å². The predicted molar refractivity (Wildman–Crippen MR) is 186 cm³/mol. The largest absolute Gasteiger partial charge is 0.309 e. The minimum atomic E-state index is 0.705. The van der Waals surface area contributed by atoms with E-state index in [9.17, 15) is 0 Å². The van der Waals surface area contributed by atoms with Gasteiger partial charge in [-0.1, -0.05) is 115 Å². The van der Waals surface area contributed by atoms with E-state index in [1.54, 1.807) is 0 Å². The van der Waals surface area contributed by atoms with Crippen LogP contribution >= 0.6 is 11.3 Å². The average Bonchev–Trinajstić information content (AvgIpc) is 3.64. The highest BCUT2D eigenvalue weighted by Crippen LogP contribution is 2.41. The number of benzene rings is 6. The monoisotopic (exact) mass is 579 g/mol. The van der Waals surface area contributed by atoms with Gasteiger partial charge in [-0.05, 0) is 36.4 Å². The SMILES string of the molecule is c1ccc(-c2cc(-c3cccc4c3sc3ccccc34)nc(-c3ccccc3-n3c4ccccc4c4ccccc43)n2)cc1. The lowest BCUT2D eigenvalue weighted by Gasteiger charge is -2.15. The van der Waals surface area contributed by atoms with Crippen LogP contribution in [0.5, 0.6) is 0 Å². The second kappa shape index (κ2) is 10.0. The van der Waals surface area contributed by atoms with Crippen molar-refractivity contribution >= 4 is 53.3 Å². The number of hydrogen-bond acceptors (Lipinski definition) is 3. The summed E-state index contributed by atoms with van der Waals surface area (Å²) < 4.78 is 4.88. The van der Waals surface area contributed by atoms with Crippen molar-refractivity contribution in [3.63, 3.8) is 0 Å². The average molecular weight is 580 g/mol. The molecule has 44 heavy (non-hydrogen) atoms. The van der Waals surface area contributed by atoms with Gasteiger partial charge in [-0.25, -0.2) is 9.97 Å². The van der Waals surface area contributed by atoms with Crippen molar-refractivity contribution in [2.24, 2.45) is 0 Å². The zero-order chi connectivity index (χ0) is 29.0. The van der Waals surface area contributed by atoms with Crippen molar-refractivity contribution in [2.45, 2.75) is 0 Å². The summed E-state index contributed by atoms with van der Waals surface area (Å²) in [6, 6.07) is 53.5. The molecule has 3 aromatic heterocycles. The normalized spacial score (nSPS) is 11.6. The molecule has 0 amide bonds. The highest BCUT2D eigenvalue weighted by molar-refractivity contribution is 7.26. The summed E-state index contributed by atoms with van der Waals surface area (Å²) >= 11 is 1.83. The van der Waals surface area contributed by atoms with Gasteiger partial charge in [-0.15, -0.1) is 11.3 Å². The number of nitrogens with zero attached hydrogens (tertiary/aromatic N) is 3. The summed E-state index contributed by atoms with van der Waals surface area (Å²) in [5, 5.41) is 5.00. The van der Waals surface area contributed by atoms with E-state index in [4.69, 9.17) is 9.97 Å². The Morgan fingerprint density at radius 2 is 1.05 bits per heavy atom. The van der Waals surface area contributed by atoms with Crippen molar-refractivity contribution in [3.05, 3.63) is 152 Å². The second-order valence-electron chi connectivity index (χ2n) is 11.0. The summed E-state index contributed by atoms with van der Waals surface area (Å²) in [5.41, 5.74) is 8.38. The molecule has 9 rings (SSSR count). The summed E-state index contributed by atoms with van der Waals surface area (Å²) in [5.74, 6) is 0.705. The molecule has 0 N–H and O–H groups in total. The maximum Gasteiger partial charge on any atom is 0.162 e. The number of aromatic nitrogens is 3.